The van der Waals surface area contributed by atoms with Crippen LogP contribution in [0.1, 0.15) is 10.4 Å². The highest BCUT2D eigenvalue weighted by molar-refractivity contribution is 7.14. The average Bonchev–Trinajstić information content (AvgIpc) is 3.10. The Morgan fingerprint density at radius 1 is 1.11 bits per heavy atom. The summed E-state index contributed by atoms with van der Waals surface area (Å²) in [4.78, 5) is 37.1. The smallest absolute Gasteiger partial charge is 0.288 e. The number of carbonyl (C=O) groups excluding carboxylic acids is 1. The van der Waals surface area contributed by atoms with Crippen molar-refractivity contribution in [3.05, 3.63) is 78.7 Å². The summed E-state index contributed by atoms with van der Waals surface area (Å²) in [6, 6.07) is 9.65. The lowest BCUT2D eigenvalue weighted by molar-refractivity contribution is -0.384. The number of nitrogens with zero attached hydrogens (tertiary/aromatic N) is 3. The predicted molar refractivity (Wildman–Crippen MR) is 100 cm³/mol. The van der Waals surface area contributed by atoms with Crippen molar-refractivity contribution in [2.75, 3.05) is 5.32 Å². The molecule has 1 aromatic heterocycles. The fourth-order valence-corrected chi connectivity index (χ4v) is 3.11. The Morgan fingerprint density at radius 2 is 1.89 bits per heavy atom. The van der Waals surface area contributed by atoms with Crippen molar-refractivity contribution in [2.24, 2.45) is 0 Å². The van der Waals surface area contributed by atoms with Gasteiger partial charge in [0.25, 0.3) is 17.3 Å². The Kier molecular flexibility index (Phi) is 5.10. The first-order valence-corrected chi connectivity index (χ1v) is 8.56. The molecule has 0 atom stereocenters. The van der Waals surface area contributed by atoms with Crippen LogP contribution in [-0.4, -0.2) is 20.7 Å². The molecule has 0 bridgehead atoms. The highest BCUT2D eigenvalue weighted by atomic mass is 35.5. The molecule has 2 aromatic carbocycles. The molecule has 1 N–H and O–H groups in total. The Morgan fingerprint density at radius 3 is 2.59 bits per heavy atom. The highest BCUT2D eigenvalue weighted by Crippen LogP contribution is 2.29. The van der Waals surface area contributed by atoms with Gasteiger partial charge < -0.3 is 0 Å². The van der Waals surface area contributed by atoms with Crippen molar-refractivity contribution >= 4 is 45.4 Å². The van der Waals surface area contributed by atoms with Crippen LogP contribution in [0.5, 0.6) is 0 Å². The number of thiazole rings is 1. The first-order chi connectivity index (χ1) is 12.8. The minimum atomic E-state index is -0.678. The number of hydrogen-bond acceptors (Lipinski definition) is 7. The number of halogens is 1. The second-order valence-electron chi connectivity index (χ2n) is 5.22. The van der Waals surface area contributed by atoms with E-state index in [1.807, 2.05) is 0 Å². The molecule has 3 aromatic rings. The molecule has 0 aliphatic heterocycles. The summed E-state index contributed by atoms with van der Waals surface area (Å²) in [5, 5.41) is 26.1. The van der Waals surface area contributed by atoms with Crippen molar-refractivity contribution in [1.29, 1.82) is 0 Å². The van der Waals surface area contributed by atoms with Crippen molar-refractivity contribution in [1.82, 2.24) is 4.98 Å². The third-order valence-corrected chi connectivity index (χ3v) is 4.56. The van der Waals surface area contributed by atoms with Gasteiger partial charge in [-0.05, 0) is 12.1 Å². The first kappa shape index (κ1) is 18.4. The van der Waals surface area contributed by atoms with Crippen molar-refractivity contribution in [3.8, 4) is 11.3 Å². The zero-order valence-electron chi connectivity index (χ0n) is 13.3. The minimum absolute atomic E-state index is 0.0539. The number of non-ortho nitro benzene ring substituents is 1. The molecule has 0 saturated heterocycles. The number of carbonyl (C=O) groups is 1. The molecule has 0 radical (unpaired) electrons. The Hall–Kier alpha value is -3.37. The van der Waals surface area contributed by atoms with Gasteiger partial charge in [0.15, 0.2) is 5.13 Å². The normalized spacial score (nSPS) is 10.4. The maximum absolute atomic E-state index is 12.3. The zero-order valence-corrected chi connectivity index (χ0v) is 14.9. The van der Waals surface area contributed by atoms with E-state index in [-0.39, 0.29) is 27.1 Å². The number of amides is 1. The molecule has 0 aliphatic carbocycles. The Labute approximate surface area is 160 Å². The summed E-state index contributed by atoms with van der Waals surface area (Å²) in [6.07, 6.45) is 0. The van der Waals surface area contributed by atoms with E-state index < -0.39 is 15.8 Å². The zero-order chi connectivity index (χ0) is 19.6. The topological polar surface area (TPSA) is 128 Å². The van der Waals surface area contributed by atoms with Crippen LogP contribution >= 0.6 is 22.9 Å². The second-order valence-corrected chi connectivity index (χ2v) is 6.49. The van der Waals surface area contributed by atoms with Crippen LogP contribution in [0.3, 0.4) is 0 Å². The molecule has 136 valence electrons. The van der Waals surface area contributed by atoms with Gasteiger partial charge in [-0.25, -0.2) is 4.98 Å². The van der Waals surface area contributed by atoms with Crippen LogP contribution in [-0.2, 0) is 0 Å². The van der Waals surface area contributed by atoms with Gasteiger partial charge in [0.1, 0.15) is 5.02 Å². The Balaban J connectivity index is 1.81. The monoisotopic (exact) mass is 404 g/mol. The van der Waals surface area contributed by atoms with Crippen LogP contribution in [0.15, 0.2) is 47.8 Å². The lowest BCUT2D eigenvalue weighted by Gasteiger charge is -2.02. The van der Waals surface area contributed by atoms with E-state index in [0.717, 1.165) is 17.4 Å². The van der Waals surface area contributed by atoms with E-state index in [1.165, 1.54) is 30.3 Å². The summed E-state index contributed by atoms with van der Waals surface area (Å²) in [6.45, 7) is 0. The number of anilines is 1. The summed E-state index contributed by atoms with van der Waals surface area (Å²) >= 11 is 6.85. The molecule has 0 spiro atoms. The second kappa shape index (κ2) is 7.48. The summed E-state index contributed by atoms with van der Waals surface area (Å²) < 4.78 is 0. The average molecular weight is 405 g/mol. The van der Waals surface area contributed by atoms with Crippen molar-refractivity contribution < 1.29 is 14.6 Å². The first-order valence-electron chi connectivity index (χ1n) is 7.31. The number of nitro benzene ring substituents is 2. The van der Waals surface area contributed by atoms with E-state index >= 15 is 0 Å². The summed E-state index contributed by atoms with van der Waals surface area (Å²) in [5.74, 6) is -0.588. The third-order valence-electron chi connectivity index (χ3n) is 3.48. The van der Waals surface area contributed by atoms with Crippen LogP contribution in [0.4, 0.5) is 16.5 Å². The number of aromatic nitrogens is 1. The highest BCUT2D eigenvalue weighted by Gasteiger charge is 2.17. The van der Waals surface area contributed by atoms with Gasteiger partial charge >= 0.3 is 0 Å². The molecule has 11 heteroatoms. The number of benzene rings is 2. The third kappa shape index (κ3) is 4.07. The largest absolute Gasteiger partial charge is 0.298 e. The van der Waals surface area contributed by atoms with E-state index in [4.69, 9.17) is 11.6 Å². The number of nitrogens with one attached hydrogen (secondary N) is 1. The predicted octanol–water partition coefficient (Wildman–Crippen LogP) is 4.53. The lowest BCUT2D eigenvalue weighted by Crippen LogP contribution is -2.12. The van der Waals surface area contributed by atoms with Crippen molar-refractivity contribution in [2.45, 2.75) is 0 Å². The maximum Gasteiger partial charge on any atom is 0.288 e. The number of hydrogen-bond donors (Lipinski definition) is 1. The van der Waals surface area contributed by atoms with Gasteiger partial charge in [-0.3, -0.25) is 30.3 Å². The van der Waals surface area contributed by atoms with E-state index in [2.05, 4.69) is 10.3 Å². The molecule has 0 aliphatic rings. The maximum atomic E-state index is 12.3. The quantitative estimate of drug-likeness (QED) is 0.491. The number of rotatable bonds is 5. The molecule has 0 saturated carbocycles. The molecule has 1 heterocycles. The van der Waals surface area contributed by atoms with Crippen molar-refractivity contribution in [3.63, 3.8) is 0 Å². The van der Waals surface area contributed by atoms with E-state index in [1.54, 1.807) is 11.4 Å². The van der Waals surface area contributed by atoms with E-state index in [0.29, 0.717) is 11.3 Å². The molecular formula is C16H9ClN4O5S. The van der Waals surface area contributed by atoms with Gasteiger partial charge in [-0.2, -0.15) is 0 Å². The van der Waals surface area contributed by atoms with Crippen LogP contribution in [0.25, 0.3) is 11.3 Å². The molecule has 0 fully saturated rings. The van der Waals surface area contributed by atoms with Gasteiger partial charge in [-0.15, -0.1) is 11.3 Å². The van der Waals surface area contributed by atoms with Gasteiger partial charge in [0.05, 0.1) is 15.5 Å². The van der Waals surface area contributed by atoms with Gasteiger partial charge in [0.2, 0.25) is 0 Å². The Bertz CT molecular complexity index is 1070. The summed E-state index contributed by atoms with van der Waals surface area (Å²) in [5.41, 5.74) is 0.600. The van der Waals surface area contributed by atoms with Gasteiger partial charge in [0, 0.05) is 34.7 Å². The van der Waals surface area contributed by atoms with Crippen LogP contribution in [0, 0.1) is 20.2 Å². The molecular weight excluding hydrogens is 396 g/mol. The molecule has 1 amide bonds. The fourth-order valence-electron chi connectivity index (χ4n) is 2.21. The SMILES string of the molecule is O=C(Nc1nc(-c2cccc([N+](=O)[O-])c2)cs1)c1ccc(Cl)c([N+](=O)[O-])c1. The molecule has 0 unspecified atom stereocenters. The number of nitro groups is 2. The van der Waals surface area contributed by atoms with Crippen LogP contribution in [0.2, 0.25) is 5.02 Å². The standard InChI is InChI=1S/C16H9ClN4O5S/c17-12-5-4-10(7-14(12)21(25)26)15(22)19-16-18-13(8-27-16)9-2-1-3-11(6-9)20(23)24/h1-8H,(H,18,19,22). The minimum Gasteiger partial charge on any atom is -0.298 e. The molecule has 27 heavy (non-hydrogen) atoms. The summed E-state index contributed by atoms with van der Waals surface area (Å²) in [7, 11) is 0. The molecule has 9 nitrogen and oxygen atoms in total. The lowest BCUT2D eigenvalue weighted by atomic mass is 10.1. The molecule has 3 rings (SSSR count). The van der Waals surface area contributed by atoms with Crippen LogP contribution < -0.4 is 5.32 Å². The van der Waals surface area contributed by atoms with E-state index in [9.17, 15) is 25.0 Å². The fraction of sp³-hybridized carbons (Fsp3) is 0. The van der Waals surface area contributed by atoms with Gasteiger partial charge in [-0.1, -0.05) is 23.7 Å².